The van der Waals surface area contributed by atoms with Crippen molar-refractivity contribution < 1.29 is 18.3 Å². The number of ether oxygens (including phenoxy) is 1. The Morgan fingerprint density at radius 2 is 2.09 bits per heavy atom. The number of aromatic nitrogens is 3. The number of hydrogen-bond acceptors (Lipinski definition) is 4. The maximum atomic E-state index is 13.3. The summed E-state index contributed by atoms with van der Waals surface area (Å²) in [5, 5.41) is 8.19. The van der Waals surface area contributed by atoms with Crippen molar-refractivity contribution in [1.82, 2.24) is 19.7 Å². The Bertz CT molecular complexity index is 747. The van der Waals surface area contributed by atoms with Crippen molar-refractivity contribution in [3.05, 3.63) is 47.0 Å². The summed E-state index contributed by atoms with van der Waals surface area (Å²) in [6.45, 7) is 3.13. The van der Waals surface area contributed by atoms with E-state index in [4.69, 9.17) is 4.74 Å². The fraction of sp³-hybridized carbons (Fsp3) is 0.400. The summed E-state index contributed by atoms with van der Waals surface area (Å²) in [6, 6.07) is 2.84. The van der Waals surface area contributed by atoms with Gasteiger partial charge in [-0.3, -0.25) is 4.79 Å². The standard InChI is InChI=1S/C15H16F2N4O2/c1-9-14-19-18-13(8-23-2)21(14)6-5-20(9)15(22)10-3-4-11(16)12(17)7-10/h3-4,7,9H,5-6,8H2,1-2H3/t9-/m1/s1. The Morgan fingerprint density at radius 3 is 2.78 bits per heavy atom. The number of carbonyl (C=O) groups is 1. The number of amides is 1. The third kappa shape index (κ3) is 2.70. The van der Waals surface area contributed by atoms with Crippen LogP contribution >= 0.6 is 0 Å². The van der Waals surface area contributed by atoms with Gasteiger partial charge in [0, 0.05) is 25.8 Å². The molecular weight excluding hydrogens is 306 g/mol. The predicted molar refractivity (Wildman–Crippen MR) is 76.5 cm³/mol. The number of fused-ring (bicyclic) bond motifs is 1. The highest BCUT2D eigenvalue weighted by molar-refractivity contribution is 5.94. The SMILES string of the molecule is COCc1nnc2n1CCN(C(=O)c1ccc(F)c(F)c1)[C@@H]2C. The molecule has 0 bridgehead atoms. The van der Waals surface area contributed by atoms with Gasteiger partial charge in [-0.25, -0.2) is 8.78 Å². The molecule has 1 aliphatic rings. The van der Waals surface area contributed by atoms with Crippen LogP contribution in [0.25, 0.3) is 0 Å². The first-order chi connectivity index (χ1) is 11.0. The average Bonchev–Trinajstić information content (AvgIpc) is 2.94. The number of halogens is 2. The van der Waals surface area contributed by atoms with Gasteiger partial charge in [0.1, 0.15) is 6.61 Å². The van der Waals surface area contributed by atoms with E-state index in [1.807, 2.05) is 11.5 Å². The minimum Gasteiger partial charge on any atom is -0.377 e. The van der Waals surface area contributed by atoms with Gasteiger partial charge >= 0.3 is 0 Å². The van der Waals surface area contributed by atoms with Gasteiger partial charge in [0.25, 0.3) is 5.91 Å². The van der Waals surface area contributed by atoms with Gasteiger partial charge in [0.2, 0.25) is 0 Å². The first-order valence-corrected chi connectivity index (χ1v) is 7.20. The Hall–Kier alpha value is -2.35. The summed E-state index contributed by atoms with van der Waals surface area (Å²) in [4.78, 5) is 14.1. The highest BCUT2D eigenvalue weighted by atomic mass is 19.2. The second kappa shape index (κ2) is 6.04. The molecule has 0 spiro atoms. The number of rotatable bonds is 3. The summed E-state index contributed by atoms with van der Waals surface area (Å²) in [5.41, 5.74) is 0.112. The molecule has 2 heterocycles. The van der Waals surface area contributed by atoms with Gasteiger partial charge in [-0.15, -0.1) is 10.2 Å². The molecule has 8 heteroatoms. The lowest BCUT2D eigenvalue weighted by molar-refractivity contribution is 0.0632. The third-order valence-electron chi connectivity index (χ3n) is 3.96. The van der Waals surface area contributed by atoms with Crippen LogP contribution in [0.4, 0.5) is 8.78 Å². The van der Waals surface area contributed by atoms with Crippen LogP contribution in [0, 0.1) is 11.6 Å². The molecule has 23 heavy (non-hydrogen) atoms. The lowest BCUT2D eigenvalue weighted by Crippen LogP contribution is -2.41. The van der Waals surface area contributed by atoms with Crippen molar-refractivity contribution >= 4 is 5.91 Å². The summed E-state index contributed by atoms with van der Waals surface area (Å²) < 4.78 is 33.4. The third-order valence-corrected chi connectivity index (χ3v) is 3.96. The smallest absolute Gasteiger partial charge is 0.254 e. The van der Waals surface area contributed by atoms with E-state index in [-0.39, 0.29) is 17.5 Å². The molecule has 1 atom stereocenters. The van der Waals surface area contributed by atoms with E-state index in [9.17, 15) is 13.6 Å². The summed E-state index contributed by atoms with van der Waals surface area (Å²) >= 11 is 0. The van der Waals surface area contributed by atoms with Crippen LogP contribution in [-0.4, -0.2) is 39.2 Å². The zero-order chi connectivity index (χ0) is 16.6. The molecule has 3 rings (SSSR count). The van der Waals surface area contributed by atoms with Crippen molar-refractivity contribution in [2.24, 2.45) is 0 Å². The molecule has 1 amide bonds. The zero-order valence-electron chi connectivity index (χ0n) is 12.8. The van der Waals surface area contributed by atoms with Crippen molar-refractivity contribution in [1.29, 1.82) is 0 Å². The lowest BCUT2D eigenvalue weighted by atomic mass is 10.1. The van der Waals surface area contributed by atoms with Crippen LogP contribution in [0.15, 0.2) is 18.2 Å². The van der Waals surface area contributed by atoms with Gasteiger partial charge in [0.15, 0.2) is 23.3 Å². The highest BCUT2D eigenvalue weighted by Crippen LogP contribution is 2.26. The van der Waals surface area contributed by atoms with Crippen LogP contribution < -0.4 is 0 Å². The van der Waals surface area contributed by atoms with Crippen LogP contribution in [-0.2, 0) is 17.9 Å². The molecule has 1 aliphatic heterocycles. The number of benzene rings is 1. The fourth-order valence-electron chi connectivity index (χ4n) is 2.75. The van der Waals surface area contributed by atoms with Gasteiger partial charge in [-0.2, -0.15) is 0 Å². The van der Waals surface area contributed by atoms with E-state index in [0.29, 0.717) is 31.3 Å². The molecule has 2 aromatic rings. The Labute approximate surface area is 131 Å². The topological polar surface area (TPSA) is 60.3 Å². The van der Waals surface area contributed by atoms with Crippen molar-refractivity contribution in [3.63, 3.8) is 0 Å². The van der Waals surface area contributed by atoms with Crippen LogP contribution in [0.5, 0.6) is 0 Å². The molecule has 6 nitrogen and oxygen atoms in total. The van der Waals surface area contributed by atoms with Crippen molar-refractivity contribution in [2.75, 3.05) is 13.7 Å². The van der Waals surface area contributed by atoms with E-state index in [2.05, 4.69) is 10.2 Å². The molecule has 0 N–H and O–H groups in total. The predicted octanol–water partition coefficient (Wildman–Crippen LogP) is 1.92. The van der Waals surface area contributed by atoms with E-state index < -0.39 is 11.6 Å². The molecule has 0 unspecified atom stereocenters. The van der Waals surface area contributed by atoms with E-state index in [1.165, 1.54) is 6.07 Å². The van der Waals surface area contributed by atoms with Gasteiger partial charge in [-0.05, 0) is 25.1 Å². The molecule has 1 aromatic carbocycles. The van der Waals surface area contributed by atoms with Gasteiger partial charge in [0.05, 0.1) is 6.04 Å². The van der Waals surface area contributed by atoms with Crippen LogP contribution in [0.1, 0.15) is 35.0 Å². The second-order valence-electron chi connectivity index (χ2n) is 5.36. The minimum absolute atomic E-state index is 0.112. The van der Waals surface area contributed by atoms with Crippen molar-refractivity contribution in [2.45, 2.75) is 26.1 Å². The Balaban J connectivity index is 1.86. The lowest BCUT2D eigenvalue weighted by Gasteiger charge is -2.33. The molecular formula is C15H16F2N4O2. The Morgan fingerprint density at radius 1 is 1.30 bits per heavy atom. The number of carbonyl (C=O) groups excluding carboxylic acids is 1. The first-order valence-electron chi connectivity index (χ1n) is 7.20. The molecule has 1 aromatic heterocycles. The monoisotopic (exact) mass is 322 g/mol. The molecule has 122 valence electrons. The molecule has 0 saturated carbocycles. The average molecular weight is 322 g/mol. The number of methoxy groups -OCH3 is 1. The normalized spacial score (nSPS) is 17.2. The zero-order valence-corrected chi connectivity index (χ0v) is 12.8. The molecule has 0 radical (unpaired) electrons. The molecule has 0 saturated heterocycles. The summed E-state index contributed by atoms with van der Waals surface area (Å²) in [6.07, 6.45) is 0. The van der Waals surface area contributed by atoms with E-state index in [0.717, 1.165) is 12.1 Å². The maximum Gasteiger partial charge on any atom is 0.254 e. The fourth-order valence-corrected chi connectivity index (χ4v) is 2.75. The largest absolute Gasteiger partial charge is 0.377 e. The van der Waals surface area contributed by atoms with Crippen LogP contribution in [0.3, 0.4) is 0 Å². The highest BCUT2D eigenvalue weighted by Gasteiger charge is 2.31. The maximum absolute atomic E-state index is 13.3. The van der Waals surface area contributed by atoms with Gasteiger partial charge in [-0.1, -0.05) is 0 Å². The molecule has 0 fully saturated rings. The van der Waals surface area contributed by atoms with Crippen molar-refractivity contribution in [3.8, 4) is 0 Å². The van der Waals surface area contributed by atoms with E-state index >= 15 is 0 Å². The van der Waals surface area contributed by atoms with Crippen LogP contribution in [0.2, 0.25) is 0 Å². The first kappa shape index (κ1) is 15.5. The van der Waals surface area contributed by atoms with E-state index in [1.54, 1.807) is 12.0 Å². The number of hydrogen-bond donors (Lipinski definition) is 0. The Kier molecular flexibility index (Phi) is 4.08. The quantitative estimate of drug-likeness (QED) is 0.866. The second-order valence-corrected chi connectivity index (χ2v) is 5.36. The molecule has 0 aliphatic carbocycles. The van der Waals surface area contributed by atoms with Gasteiger partial charge < -0.3 is 14.2 Å². The number of nitrogens with zero attached hydrogens (tertiary/aromatic N) is 4. The summed E-state index contributed by atoms with van der Waals surface area (Å²) in [7, 11) is 1.58. The minimum atomic E-state index is -1.04. The summed E-state index contributed by atoms with van der Waals surface area (Å²) in [5.74, 6) is -1.02.